The van der Waals surface area contributed by atoms with E-state index < -0.39 is 9.87 Å². The van der Waals surface area contributed by atoms with Crippen LogP contribution in [0.2, 0.25) is 5.02 Å². The molecule has 0 unspecified atom stereocenters. The summed E-state index contributed by atoms with van der Waals surface area (Å²) in [4.78, 5) is 6.41. The molecular weight excluding hydrogens is 249 g/mol. The highest BCUT2D eigenvalue weighted by Crippen LogP contribution is 2.39. The summed E-state index contributed by atoms with van der Waals surface area (Å²) < 4.78 is 10.6. The van der Waals surface area contributed by atoms with Gasteiger partial charge in [-0.3, -0.25) is 0 Å². The summed E-state index contributed by atoms with van der Waals surface area (Å²) in [7, 11) is 0. The molecule has 0 atom stereocenters. The molecule has 0 N–H and O–H groups in total. The lowest BCUT2D eigenvalue weighted by molar-refractivity contribution is 0.533. The highest BCUT2D eigenvalue weighted by atomic mass is 35.6. The van der Waals surface area contributed by atoms with Gasteiger partial charge in [-0.15, -0.1) is 0 Å². The van der Waals surface area contributed by atoms with Crippen LogP contribution in [0.3, 0.4) is 0 Å². The predicted octanol–water partition coefficient (Wildman–Crippen LogP) is 3.10. The summed E-state index contributed by atoms with van der Waals surface area (Å²) in [5.41, 5.74) is -0.165. The summed E-state index contributed by atoms with van der Waals surface area (Å²) in [5.74, 6) is 0. The van der Waals surface area contributed by atoms with Gasteiger partial charge in [0, 0.05) is 0 Å². The van der Waals surface area contributed by atoms with Gasteiger partial charge in [-0.1, -0.05) is 46.4 Å². The second-order valence-electron chi connectivity index (χ2n) is 1.83. The van der Waals surface area contributed by atoms with E-state index in [9.17, 15) is 4.39 Å². The van der Waals surface area contributed by atoms with Crippen molar-refractivity contribution in [2.24, 2.45) is 0 Å². The van der Waals surface area contributed by atoms with E-state index in [1.165, 1.54) is 0 Å². The summed E-state index contributed by atoms with van der Waals surface area (Å²) >= 11 is 21.8. The lowest BCUT2D eigenvalue weighted by atomic mass is 10.4. The van der Waals surface area contributed by atoms with Gasteiger partial charge in [-0.2, -0.15) is 4.39 Å². The molecule has 0 aromatic carbocycles. The van der Waals surface area contributed by atoms with Gasteiger partial charge in [0.15, 0.2) is 0 Å². The third kappa shape index (κ3) is 2.33. The molecule has 1 aromatic rings. The molecule has 0 radical (unpaired) electrons. The molecule has 1 rings (SSSR count). The van der Waals surface area contributed by atoms with Crippen LogP contribution in [0.4, 0.5) is 4.39 Å². The summed E-state index contributed by atoms with van der Waals surface area (Å²) in [6.45, 7) is 0. The fraction of sp³-hybridized carbons (Fsp3) is 0.200. The molecule has 0 aliphatic heterocycles. The Morgan fingerprint density at radius 2 is 1.92 bits per heavy atom. The van der Waals surface area contributed by atoms with Gasteiger partial charge in [0.25, 0.3) is 0 Å². The van der Waals surface area contributed by atoms with E-state index in [0.29, 0.717) is 0 Å². The maximum Gasteiger partial charge on any atom is 0.309 e. The lowest BCUT2D eigenvalue weighted by Crippen LogP contribution is -2.07. The first-order valence-electron chi connectivity index (χ1n) is 2.66. The maximum atomic E-state index is 12.4. The van der Waals surface area contributed by atoms with Gasteiger partial charge in [-0.25, -0.2) is 9.97 Å². The first-order chi connectivity index (χ1) is 5.41. The van der Waals surface area contributed by atoms with Crippen LogP contribution in [0.1, 0.15) is 5.69 Å². The monoisotopic (exact) mass is 248 g/mol. The van der Waals surface area contributed by atoms with Crippen molar-refractivity contribution in [3.63, 3.8) is 0 Å². The first kappa shape index (κ1) is 10.3. The molecule has 12 heavy (non-hydrogen) atoms. The average molecular weight is 250 g/mol. The molecule has 7 heteroatoms. The summed E-state index contributed by atoms with van der Waals surface area (Å²) in [6, 6.07) is 0. The number of aromatic nitrogens is 2. The summed E-state index contributed by atoms with van der Waals surface area (Å²) in [5, 5.41) is 0.0106. The van der Waals surface area contributed by atoms with Gasteiger partial charge in [0.1, 0.15) is 5.69 Å². The van der Waals surface area contributed by atoms with E-state index in [1.54, 1.807) is 0 Å². The van der Waals surface area contributed by atoms with Gasteiger partial charge in [0.2, 0.25) is 3.79 Å². The van der Waals surface area contributed by atoms with Crippen LogP contribution >= 0.6 is 46.4 Å². The van der Waals surface area contributed by atoms with Gasteiger partial charge < -0.3 is 0 Å². The van der Waals surface area contributed by atoms with Crippen LogP contribution in [0.15, 0.2) is 6.20 Å². The largest absolute Gasteiger partial charge is 0.309 e. The second kappa shape index (κ2) is 3.50. The second-order valence-corrected chi connectivity index (χ2v) is 4.52. The normalized spacial score (nSPS) is 11.8. The van der Waals surface area contributed by atoms with Gasteiger partial charge in [-0.05, 0) is 0 Å². The van der Waals surface area contributed by atoms with E-state index in [4.69, 9.17) is 46.4 Å². The molecule has 0 fully saturated rings. The minimum absolute atomic E-state index is 0.0106. The molecule has 1 heterocycles. The van der Waals surface area contributed by atoms with E-state index >= 15 is 0 Å². The number of hydrogen-bond acceptors (Lipinski definition) is 2. The quantitative estimate of drug-likeness (QED) is 0.522. The fourth-order valence-corrected chi connectivity index (χ4v) is 1.35. The number of rotatable bonds is 0. The summed E-state index contributed by atoms with van der Waals surface area (Å²) in [6.07, 6.45) is 0.0434. The Kier molecular flexibility index (Phi) is 2.99. The van der Waals surface area contributed by atoms with Gasteiger partial charge in [0.05, 0.1) is 11.2 Å². The molecule has 0 saturated heterocycles. The maximum absolute atomic E-state index is 12.4. The third-order valence-corrected chi connectivity index (χ3v) is 1.80. The van der Waals surface area contributed by atoms with Crippen LogP contribution in [-0.4, -0.2) is 9.97 Å². The zero-order valence-corrected chi connectivity index (χ0v) is 8.39. The molecule has 0 aliphatic rings. The zero-order valence-electron chi connectivity index (χ0n) is 5.36. The van der Waals surface area contributed by atoms with E-state index in [0.717, 1.165) is 6.20 Å². The topological polar surface area (TPSA) is 25.8 Å². The smallest absolute Gasteiger partial charge is 0.209 e. The Balaban J connectivity index is 3.23. The lowest BCUT2D eigenvalue weighted by Gasteiger charge is -2.10. The first-order valence-corrected chi connectivity index (χ1v) is 4.17. The molecule has 0 saturated carbocycles. The van der Waals surface area contributed by atoms with Crippen molar-refractivity contribution in [2.75, 3.05) is 0 Å². The van der Waals surface area contributed by atoms with E-state index in [2.05, 4.69) is 9.97 Å². The fourth-order valence-electron chi connectivity index (χ4n) is 0.544. The molecule has 1 aromatic heterocycles. The van der Waals surface area contributed by atoms with Crippen LogP contribution in [0, 0.1) is 6.08 Å². The zero-order chi connectivity index (χ0) is 9.35. The highest BCUT2D eigenvalue weighted by molar-refractivity contribution is 6.67. The number of nitrogens with zero attached hydrogens (tertiary/aromatic N) is 2. The molecule has 0 bridgehead atoms. The van der Waals surface area contributed by atoms with Crippen LogP contribution in [0.25, 0.3) is 0 Å². The molecule has 0 amide bonds. The van der Waals surface area contributed by atoms with Crippen molar-refractivity contribution >= 4 is 46.4 Å². The Morgan fingerprint density at radius 1 is 1.33 bits per heavy atom. The number of halogens is 5. The van der Waals surface area contributed by atoms with Crippen LogP contribution in [0.5, 0.6) is 0 Å². The highest BCUT2D eigenvalue weighted by Gasteiger charge is 2.28. The third-order valence-electron chi connectivity index (χ3n) is 0.983. The molecule has 0 aliphatic carbocycles. The van der Waals surface area contributed by atoms with Crippen molar-refractivity contribution in [1.29, 1.82) is 0 Å². The molecule has 0 spiro atoms. The minimum Gasteiger partial charge on any atom is -0.209 e. The number of hydrogen-bond donors (Lipinski definition) is 0. The van der Waals surface area contributed by atoms with Crippen molar-refractivity contribution in [3.05, 3.63) is 23.0 Å². The van der Waals surface area contributed by atoms with Crippen molar-refractivity contribution in [3.8, 4) is 0 Å². The Morgan fingerprint density at radius 3 is 2.33 bits per heavy atom. The Labute approximate surface area is 87.6 Å². The average Bonchev–Trinajstić information content (AvgIpc) is 1.92. The molecular formula is C5HCl4FN2. The standard InChI is InChI=1S/C5HCl4FN2/c6-2-1-11-4(10)12-3(2)5(7,8)9/h1H. The number of alkyl halides is 3. The molecule has 66 valence electrons. The van der Waals surface area contributed by atoms with Gasteiger partial charge >= 0.3 is 6.08 Å². The van der Waals surface area contributed by atoms with Crippen molar-refractivity contribution in [1.82, 2.24) is 9.97 Å². The van der Waals surface area contributed by atoms with Crippen molar-refractivity contribution in [2.45, 2.75) is 3.79 Å². The Bertz CT molecular complexity index is 298. The Hall–Kier alpha value is 0.170. The van der Waals surface area contributed by atoms with Crippen LogP contribution in [-0.2, 0) is 3.79 Å². The van der Waals surface area contributed by atoms with Crippen molar-refractivity contribution < 1.29 is 4.39 Å². The SMILES string of the molecule is Fc1ncc(Cl)c(C(Cl)(Cl)Cl)n1. The molecule has 2 nitrogen and oxygen atoms in total. The predicted molar refractivity (Wildman–Crippen MR) is 46.2 cm³/mol. The van der Waals surface area contributed by atoms with Crippen LogP contribution < -0.4 is 0 Å². The van der Waals surface area contributed by atoms with E-state index in [1.807, 2.05) is 0 Å². The van der Waals surface area contributed by atoms with E-state index in [-0.39, 0.29) is 10.7 Å². The minimum atomic E-state index is -1.83.